The van der Waals surface area contributed by atoms with E-state index in [4.69, 9.17) is 9.47 Å². The van der Waals surface area contributed by atoms with Crippen LogP contribution in [0.1, 0.15) is 30.9 Å². The molecule has 1 heterocycles. The minimum atomic E-state index is -0.667. The molecule has 0 aliphatic carbocycles. The van der Waals surface area contributed by atoms with Crippen LogP contribution in [0.2, 0.25) is 0 Å². The van der Waals surface area contributed by atoms with Crippen LogP contribution in [0.4, 0.5) is 9.18 Å². The van der Waals surface area contributed by atoms with Gasteiger partial charge in [-0.2, -0.15) is 0 Å². The third kappa shape index (κ3) is 5.85. The van der Waals surface area contributed by atoms with Crippen molar-refractivity contribution in [3.63, 3.8) is 0 Å². The lowest BCUT2D eigenvalue weighted by Crippen LogP contribution is -2.49. The minimum absolute atomic E-state index is 0.236. The van der Waals surface area contributed by atoms with Crippen molar-refractivity contribution in [1.82, 2.24) is 16.0 Å². The van der Waals surface area contributed by atoms with Gasteiger partial charge in [-0.05, 0) is 30.2 Å². The average Bonchev–Trinajstić information content (AvgIpc) is 2.76. The molecule has 0 bridgehead atoms. The Morgan fingerprint density at radius 1 is 1.03 bits per heavy atom. The summed E-state index contributed by atoms with van der Waals surface area (Å²) in [7, 11) is 0. The van der Waals surface area contributed by atoms with Crippen LogP contribution in [0.15, 0.2) is 42.5 Å². The Morgan fingerprint density at radius 3 is 2.57 bits per heavy atom. The predicted octanol–water partition coefficient (Wildman–Crippen LogP) is 2.88. The number of urea groups is 1. The zero-order valence-electron chi connectivity index (χ0n) is 16.9. The molecule has 1 atom stereocenters. The van der Waals surface area contributed by atoms with Gasteiger partial charge in [-0.3, -0.25) is 4.79 Å². The van der Waals surface area contributed by atoms with Crippen molar-refractivity contribution in [2.75, 3.05) is 13.2 Å². The number of carbonyl (C=O) groups excluding carboxylic acids is 2. The molecule has 7 nitrogen and oxygen atoms in total. The number of rotatable bonds is 8. The number of halogens is 1. The molecule has 0 radical (unpaired) electrons. The number of amides is 3. The van der Waals surface area contributed by atoms with E-state index in [1.807, 2.05) is 25.1 Å². The predicted molar refractivity (Wildman–Crippen MR) is 110 cm³/mol. The molecule has 3 N–H and O–H groups in total. The lowest BCUT2D eigenvalue weighted by molar-refractivity contribution is -0.123. The first-order chi connectivity index (χ1) is 14.6. The Hall–Kier alpha value is -3.29. The molecule has 1 aliphatic heterocycles. The summed E-state index contributed by atoms with van der Waals surface area (Å²) in [6.07, 6.45) is 1.23. The Balaban J connectivity index is 1.53. The lowest BCUT2D eigenvalue weighted by atomic mass is 10.1. The van der Waals surface area contributed by atoms with Crippen molar-refractivity contribution >= 4 is 11.9 Å². The van der Waals surface area contributed by atoms with Gasteiger partial charge >= 0.3 is 6.03 Å². The Kier molecular flexibility index (Phi) is 7.48. The highest BCUT2D eigenvalue weighted by molar-refractivity contribution is 5.87. The first-order valence-corrected chi connectivity index (χ1v) is 10.0. The van der Waals surface area contributed by atoms with Gasteiger partial charge in [0.2, 0.25) is 5.91 Å². The standard InChI is InChI=1S/C22H26FN3O4/c1-2-4-18(26-22(28)25-13-15-7-9-17(23)10-8-15)21(27)24-14-16-5-3-6-19-20(16)30-12-11-29-19/h3,5-10,18H,2,4,11-14H2,1H3,(H,24,27)(H2,25,26,28). The van der Waals surface area contributed by atoms with Crippen molar-refractivity contribution in [3.05, 3.63) is 59.4 Å². The quantitative estimate of drug-likeness (QED) is 0.619. The molecular weight excluding hydrogens is 389 g/mol. The van der Waals surface area contributed by atoms with E-state index in [1.165, 1.54) is 12.1 Å². The molecule has 1 unspecified atom stereocenters. The van der Waals surface area contributed by atoms with Crippen LogP contribution in [-0.4, -0.2) is 31.2 Å². The molecule has 3 amide bonds. The zero-order chi connectivity index (χ0) is 21.3. The third-order valence-electron chi connectivity index (χ3n) is 4.67. The molecule has 0 saturated carbocycles. The number of hydrogen-bond donors (Lipinski definition) is 3. The van der Waals surface area contributed by atoms with E-state index in [2.05, 4.69) is 16.0 Å². The number of para-hydroxylation sites is 1. The van der Waals surface area contributed by atoms with Gasteiger partial charge in [0.25, 0.3) is 0 Å². The molecule has 0 saturated heterocycles. The highest BCUT2D eigenvalue weighted by Gasteiger charge is 2.21. The van der Waals surface area contributed by atoms with Crippen molar-refractivity contribution in [1.29, 1.82) is 0 Å². The fourth-order valence-corrected chi connectivity index (χ4v) is 3.13. The highest BCUT2D eigenvalue weighted by Crippen LogP contribution is 2.33. The smallest absolute Gasteiger partial charge is 0.315 e. The Labute approximate surface area is 174 Å². The van der Waals surface area contributed by atoms with Crippen LogP contribution < -0.4 is 25.4 Å². The van der Waals surface area contributed by atoms with Gasteiger partial charge in [-0.15, -0.1) is 0 Å². The average molecular weight is 415 g/mol. The van der Waals surface area contributed by atoms with Crippen molar-refractivity contribution in [3.8, 4) is 11.5 Å². The van der Waals surface area contributed by atoms with Crippen LogP contribution >= 0.6 is 0 Å². The third-order valence-corrected chi connectivity index (χ3v) is 4.67. The number of fused-ring (bicyclic) bond motifs is 1. The molecule has 2 aromatic carbocycles. The van der Waals surface area contributed by atoms with Crippen molar-refractivity contribution in [2.24, 2.45) is 0 Å². The van der Waals surface area contributed by atoms with Gasteiger partial charge in [0.05, 0.1) is 0 Å². The molecule has 160 valence electrons. The fraction of sp³-hybridized carbons (Fsp3) is 0.364. The highest BCUT2D eigenvalue weighted by atomic mass is 19.1. The summed E-state index contributed by atoms with van der Waals surface area (Å²) < 4.78 is 24.2. The van der Waals surface area contributed by atoms with E-state index in [-0.39, 0.29) is 24.8 Å². The topological polar surface area (TPSA) is 88.7 Å². The minimum Gasteiger partial charge on any atom is -0.486 e. The van der Waals surface area contributed by atoms with Crippen LogP contribution in [-0.2, 0) is 17.9 Å². The summed E-state index contributed by atoms with van der Waals surface area (Å²) >= 11 is 0. The van der Waals surface area contributed by atoms with Crippen molar-refractivity contribution in [2.45, 2.75) is 38.9 Å². The first-order valence-electron chi connectivity index (χ1n) is 10.0. The van der Waals surface area contributed by atoms with Gasteiger partial charge in [0, 0.05) is 18.7 Å². The second-order valence-electron chi connectivity index (χ2n) is 6.95. The normalized spacial score (nSPS) is 13.3. The van der Waals surface area contributed by atoms with E-state index in [1.54, 1.807) is 12.1 Å². The molecule has 8 heteroatoms. The maximum Gasteiger partial charge on any atom is 0.315 e. The molecule has 0 fully saturated rings. The van der Waals surface area contributed by atoms with Gasteiger partial charge in [-0.1, -0.05) is 37.6 Å². The molecule has 0 spiro atoms. The molecule has 1 aliphatic rings. The van der Waals surface area contributed by atoms with E-state index < -0.39 is 12.1 Å². The zero-order valence-corrected chi connectivity index (χ0v) is 16.9. The van der Waals surface area contributed by atoms with Crippen molar-refractivity contribution < 1.29 is 23.5 Å². The molecular formula is C22H26FN3O4. The number of nitrogens with one attached hydrogen (secondary N) is 3. The van der Waals surface area contributed by atoms with Crippen LogP contribution in [0.3, 0.4) is 0 Å². The SMILES string of the molecule is CCCC(NC(=O)NCc1ccc(F)cc1)C(=O)NCc1cccc2c1OCCO2. The first kappa shape index (κ1) is 21.4. The van der Waals surface area contributed by atoms with Gasteiger partial charge in [0.15, 0.2) is 11.5 Å². The number of hydrogen-bond acceptors (Lipinski definition) is 4. The second-order valence-corrected chi connectivity index (χ2v) is 6.95. The summed E-state index contributed by atoms with van der Waals surface area (Å²) in [6, 6.07) is 10.3. The second kappa shape index (κ2) is 10.5. The summed E-state index contributed by atoms with van der Waals surface area (Å²) in [5.41, 5.74) is 1.58. The lowest BCUT2D eigenvalue weighted by Gasteiger charge is -2.22. The van der Waals surface area contributed by atoms with E-state index >= 15 is 0 Å². The molecule has 0 aromatic heterocycles. The maximum atomic E-state index is 13.0. The summed E-state index contributed by atoms with van der Waals surface area (Å²) in [5, 5.41) is 8.25. The van der Waals surface area contributed by atoms with Crippen LogP contribution in [0, 0.1) is 5.82 Å². The monoisotopic (exact) mass is 415 g/mol. The molecule has 30 heavy (non-hydrogen) atoms. The largest absolute Gasteiger partial charge is 0.486 e. The van der Waals surface area contributed by atoms with Crippen LogP contribution in [0.5, 0.6) is 11.5 Å². The van der Waals surface area contributed by atoms with Gasteiger partial charge in [-0.25, -0.2) is 9.18 Å². The molecule has 3 rings (SSSR count). The van der Waals surface area contributed by atoms with Gasteiger partial charge in [0.1, 0.15) is 25.1 Å². The maximum absolute atomic E-state index is 13.0. The molecule has 2 aromatic rings. The van der Waals surface area contributed by atoms with Gasteiger partial charge < -0.3 is 25.4 Å². The van der Waals surface area contributed by atoms with E-state index in [0.29, 0.717) is 31.1 Å². The summed E-state index contributed by atoms with van der Waals surface area (Å²) in [6.45, 7) is 3.41. The summed E-state index contributed by atoms with van der Waals surface area (Å²) in [5.74, 6) is 0.695. The van der Waals surface area contributed by atoms with E-state index in [0.717, 1.165) is 17.5 Å². The summed E-state index contributed by atoms with van der Waals surface area (Å²) in [4.78, 5) is 24.9. The van der Waals surface area contributed by atoms with E-state index in [9.17, 15) is 14.0 Å². The Bertz CT molecular complexity index is 873. The number of ether oxygens (including phenoxy) is 2. The number of carbonyl (C=O) groups is 2. The number of benzene rings is 2. The Morgan fingerprint density at radius 2 is 1.80 bits per heavy atom. The van der Waals surface area contributed by atoms with Crippen LogP contribution in [0.25, 0.3) is 0 Å². The fourth-order valence-electron chi connectivity index (χ4n) is 3.13.